The van der Waals surface area contributed by atoms with Crippen molar-refractivity contribution in [2.75, 3.05) is 13.1 Å². The molecule has 0 saturated carbocycles. The molecule has 0 aliphatic heterocycles. The average molecular weight is 210 g/mol. The monoisotopic (exact) mass is 210 g/mol. The summed E-state index contributed by atoms with van der Waals surface area (Å²) in [6.07, 6.45) is 1.08. The Balaban J connectivity index is 2.32. The number of hydrogen-bond acceptors (Lipinski definition) is 2. The lowest BCUT2D eigenvalue weighted by Gasteiger charge is -2.03. The molecule has 1 aromatic carbocycles. The molecule has 1 rings (SSSR count). The summed E-state index contributed by atoms with van der Waals surface area (Å²) in [5.41, 5.74) is 0.748. The van der Waals surface area contributed by atoms with Gasteiger partial charge in [-0.2, -0.15) is 5.26 Å². The maximum absolute atomic E-state index is 12.8. The Bertz CT molecular complexity index is 358. The van der Waals surface area contributed by atoms with Crippen molar-refractivity contribution in [2.45, 2.75) is 12.8 Å². The lowest BCUT2D eigenvalue weighted by atomic mass is 10.1. The maximum atomic E-state index is 12.8. The van der Waals surface area contributed by atoms with Gasteiger partial charge in [-0.15, -0.1) is 0 Å². The van der Waals surface area contributed by atoms with Crippen LogP contribution in [0.5, 0.6) is 0 Å². The van der Waals surface area contributed by atoms with Gasteiger partial charge < -0.3 is 5.32 Å². The molecule has 0 spiro atoms. The topological polar surface area (TPSA) is 35.8 Å². The van der Waals surface area contributed by atoms with Gasteiger partial charge in [0.25, 0.3) is 0 Å². The third-order valence-corrected chi connectivity index (χ3v) is 1.99. The first-order valence-electron chi connectivity index (χ1n) is 4.75. The predicted molar refractivity (Wildman–Crippen MR) is 53.2 cm³/mol. The van der Waals surface area contributed by atoms with E-state index in [1.807, 2.05) is 6.07 Å². The van der Waals surface area contributed by atoms with E-state index in [-0.39, 0.29) is 0 Å². The van der Waals surface area contributed by atoms with Gasteiger partial charge in [0, 0.05) is 13.0 Å². The molecule has 0 bridgehead atoms. The zero-order valence-electron chi connectivity index (χ0n) is 8.26. The van der Waals surface area contributed by atoms with Crippen LogP contribution >= 0.6 is 0 Å². The summed E-state index contributed by atoms with van der Waals surface area (Å²) in [7, 11) is 0. The van der Waals surface area contributed by atoms with Crippen LogP contribution in [0.4, 0.5) is 8.78 Å². The normalized spacial score (nSPS) is 9.93. The molecule has 0 saturated heterocycles. The highest BCUT2D eigenvalue weighted by atomic mass is 19.2. The first-order chi connectivity index (χ1) is 7.24. The number of rotatable bonds is 5. The molecule has 0 amide bonds. The standard InChI is InChI=1S/C11H12F2N2/c12-10-3-2-9(8-11(10)13)4-7-15-6-1-5-14/h2-3,8,15H,1,4,6-7H2. The van der Waals surface area contributed by atoms with Crippen LogP contribution in [-0.4, -0.2) is 13.1 Å². The minimum atomic E-state index is -0.823. The molecule has 1 aromatic rings. The van der Waals surface area contributed by atoms with Crippen molar-refractivity contribution in [2.24, 2.45) is 0 Å². The highest BCUT2D eigenvalue weighted by molar-refractivity contribution is 5.17. The predicted octanol–water partition coefficient (Wildman–Crippen LogP) is 2.01. The van der Waals surface area contributed by atoms with Crippen LogP contribution in [-0.2, 0) is 6.42 Å². The fraction of sp³-hybridized carbons (Fsp3) is 0.364. The third-order valence-electron chi connectivity index (χ3n) is 1.99. The fourth-order valence-electron chi connectivity index (χ4n) is 1.20. The lowest BCUT2D eigenvalue weighted by molar-refractivity contribution is 0.506. The number of nitrogens with zero attached hydrogens (tertiary/aromatic N) is 1. The van der Waals surface area contributed by atoms with Gasteiger partial charge in [0.2, 0.25) is 0 Å². The van der Waals surface area contributed by atoms with E-state index in [4.69, 9.17) is 5.26 Å². The molecular formula is C11H12F2N2. The Kier molecular flexibility index (Phi) is 4.72. The molecule has 0 atom stereocenters. The highest BCUT2D eigenvalue weighted by Gasteiger charge is 2.01. The number of hydrogen-bond donors (Lipinski definition) is 1. The van der Waals surface area contributed by atoms with Crippen molar-refractivity contribution >= 4 is 0 Å². The van der Waals surface area contributed by atoms with Crippen LogP contribution in [0, 0.1) is 23.0 Å². The molecule has 80 valence electrons. The zero-order chi connectivity index (χ0) is 11.1. The summed E-state index contributed by atoms with van der Waals surface area (Å²) in [5.74, 6) is -1.64. The summed E-state index contributed by atoms with van der Waals surface area (Å²) in [5, 5.41) is 11.3. The second-order valence-electron chi connectivity index (χ2n) is 3.16. The molecule has 0 fully saturated rings. The SMILES string of the molecule is N#CCCNCCc1ccc(F)c(F)c1. The molecule has 0 aromatic heterocycles. The van der Waals surface area contributed by atoms with E-state index < -0.39 is 11.6 Å². The van der Waals surface area contributed by atoms with Gasteiger partial charge in [-0.1, -0.05) is 6.07 Å². The summed E-state index contributed by atoms with van der Waals surface area (Å²) < 4.78 is 25.3. The molecular weight excluding hydrogens is 198 g/mol. The van der Waals surface area contributed by atoms with Gasteiger partial charge in [0.15, 0.2) is 11.6 Å². The second kappa shape index (κ2) is 6.10. The van der Waals surface area contributed by atoms with Crippen LogP contribution in [0.25, 0.3) is 0 Å². The molecule has 4 heteroatoms. The molecule has 2 nitrogen and oxygen atoms in total. The molecule has 0 aliphatic carbocycles. The number of nitrogens with one attached hydrogen (secondary N) is 1. The molecule has 1 N–H and O–H groups in total. The van der Waals surface area contributed by atoms with Gasteiger partial charge in [-0.05, 0) is 30.7 Å². The van der Waals surface area contributed by atoms with Gasteiger partial charge in [0.1, 0.15) is 0 Å². The first kappa shape index (κ1) is 11.6. The fourth-order valence-corrected chi connectivity index (χ4v) is 1.20. The number of benzene rings is 1. The van der Waals surface area contributed by atoms with Crippen LogP contribution in [0.15, 0.2) is 18.2 Å². The Morgan fingerprint density at radius 1 is 1.20 bits per heavy atom. The molecule has 0 heterocycles. The van der Waals surface area contributed by atoms with Gasteiger partial charge in [-0.25, -0.2) is 8.78 Å². The van der Waals surface area contributed by atoms with E-state index in [1.54, 1.807) is 6.07 Å². The lowest BCUT2D eigenvalue weighted by Crippen LogP contribution is -2.18. The Hall–Kier alpha value is -1.47. The summed E-state index contributed by atoms with van der Waals surface area (Å²) in [6, 6.07) is 5.89. The van der Waals surface area contributed by atoms with E-state index in [9.17, 15) is 8.78 Å². The van der Waals surface area contributed by atoms with Gasteiger partial charge >= 0.3 is 0 Å². The number of halogens is 2. The van der Waals surface area contributed by atoms with E-state index in [1.165, 1.54) is 6.07 Å². The largest absolute Gasteiger partial charge is 0.315 e. The van der Waals surface area contributed by atoms with Crippen LogP contribution in [0.1, 0.15) is 12.0 Å². The second-order valence-corrected chi connectivity index (χ2v) is 3.16. The van der Waals surface area contributed by atoms with E-state index in [2.05, 4.69) is 5.32 Å². The van der Waals surface area contributed by atoms with Crippen molar-refractivity contribution in [1.29, 1.82) is 5.26 Å². The highest BCUT2D eigenvalue weighted by Crippen LogP contribution is 2.08. The Morgan fingerprint density at radius 3 is 2.67 bits per heavy atom. The zero-order valence-corrected chi connectivity index (χ0v) is 8.26. The minimum absolute atomic E-state index is 0.456. The Labute approximate surface area is 87.5 Å². The van der Waals surface area contributed by atoms with E-state index >= 15 is 0 Å². The van der Waals surface area contributed by atoms with Crippen LogP contribution < -0.4 is 5.32 Å². The average Bonchev–Trinajstić information content (AvgIpc) is 2.23. The van der Waals surface area contributed by atoms with Crippen molar-refractivity contribution < 1.29 is 8.78 Å². The summed E-state index contributed by atoms with van der Waals surface area (Å²) >= 11 is 0. The van der Waals surface area contributed by atoms with Gasteiger partial charge in [-0.3, -0.25) is 0 Å². The molecule has 0 radical (unpaired) electrons. The third kappa shape index (κ3) is 4.05. The summed E-state index contributed by atoms with van der Waals surface area (Å²) in [6.45, 7) is 1.28. The van der Waals surface area contributed by atoms with Crippen LogP contribution in [0.3, 0.4) is 0 Å². The summed E-state index contributed by atoms with van der Waals surface area (Å²) in [4.78, 5) is 0. The van der Waals surface area contributed by atoms with E-state index in [0.29, 0.717) is 25.9 Å². The molecule has 0 aliphatic rings. The van der Waals surface area contributed by atoms with Crippen molar-refractivity contribution in [3.05, 3.63) is 35.4 Å². The number of nitriles is 1. The molecule has 0 unspecified atom stereocenters. The van der Waals surface area contributed by atoms with E-state index in [0.717, 1.165) is 11.6 Å². The van der Waals surface area contributed by atoms with Crippen molar-refractivity contribution in [1.82, 2.24) is 5.32 Å². The van der Waals surface area contributed by atoms with Crippen molar-refractivity contribution in [3.63, 3.8) is 0 Å². The minimum Gasteiger partial charge on any atom is -0.315 e. The molecule has 15 heavy (non-hydrogen) atoms. The van der Waals surface area contributed by atoms with Crippen LogP contribution in [0.2, 0.25) is 0 Å². The Morgan fingerprint density at radius 2 is 2.00 bits per heavy atom. The van der Waals surface area contributed by atoms with Crippen molar-refractivity contribution in [3.8, 4) is 6.07 Å². The smallest absolute Gasteiger partial charge is 0.159 e. The first-order valence-corrected chi connectivity index (χ1v) is 4.75. The quantitative estimate of drug-likeness (QED) is 0.754. The van der Waals surface area contributed by atoms with Gasteiger partial charge in [0.05, 0.1) is 6.07 Å². The maximum Gasteiger partial charge on any atom is 0.159 e.